The first kappa shape index (κ1) is 17.6. The highest BCUT2D eigenvalue weighted by atomic mass is 79.9. The number of carboxylic acids is 1. The first-order chi connectivity index (χ1) is 9.81. The van der Waals surface area contributed by atoms with E-state index in [1.807, 2.05) is 18.7 Å². The first-order valence-corrected chi connectivity index (χ1v) is 7.49. The Hall–Kier alpha value is -1.47. The third kappa shape index (κ3) is 5.81. The van der Waals surface area contributed by atoms with Crippen molar-refractivity contribution in [1.29, 1.82) is 0 Å². The summed E-state index contributed by atoms with van der Waals surface area (Å²) in [6.45, 7) is 5.01. The van der Waals surface area contributed by atoms with Gasteiger partial charge in [0.25, 0.3) is 5.69 Å². The molecule has 21 heavy (non-hydrogen) atoms. The number of hydrogen-bond acceptors (Lipinski definition) is 4. The fraction of sp³-hybridized carbons (Fsp3) is 0.500. The SMILES string of the molecule is CC(C)N(CCCC(=O)O)Cc1ccc(Br)cc1[N+](=O)[O-]. The number of nitrogens with zero attached hydrogens (tertiary/aromatic N) is 2. The van der Waals surface area contributed by atoms with Gasteiger partial charge in [-0.1, -0.05) is 15.9 Å². The van der Waals surface area contributed by atoms with Crippen molar-refractivity contribution in [3.8, 4) is 0 Å². The van der Waals surface area contributed by atoms with Gasteiger partial charge in [0.15, 0.2) is 0 Å². The molecule has 0 spiro atoms. The van der Waals surface area contributed by atoms with E-state index in [9.17, 15) is 14.9 Å². The van der Waals surface area contributed by atoms with Gasteiger partial charge in [0, 0.05) is 35.1 Å². The van der Waals surface area contributed by atoms with Gasteiger partial charge >= 0.3 is 5.97 Å². The zero-order valence-electron chi connectivity index (χ0n) is 12.1. The van der Waals surface area contributed by atoms with Gasteiger partial charge in [-0.15, -0.1) is 0 Å². The molecule has 0 radical (unpaired) electrons. The number of rotatable bonds is 8. The smallest absolute Gasteiger partial charge is 0.303 e. The summed E-state index contributed by atoms with van der Waals surface area (Å²) in [5, 5.41) is 19.8. The molecule has 1 N–H and O–H groups in total. The summed E-state index contributed by atoms with van der Waals surface area (Å²) in [6.07, 6.45) is 0.628. The predicted molar refractivity (Wildman–Crippen MR) is 83.2 cm³/mol. The molecule has 0 aliphatic carbocycles. The van der Waals surface area contributed by atoms with E-state index in [1.165, 1.54) is 6.07 Å². The number of nitro groups is 1. The molecule has 0 aliphatic rings. The molecular weight excluding hydrogens is 340 g/mol. The van der Waals surface area contributed by atoms with Gasteiger partial charge in [0.1, 0.15) is 0 Å². The minimum absolute atomic E-state index is 0.0771. The molecule has 0 atom stereocenters. The van der Waals surface area contributed by atoms with Crippen LogP contribution in [-0.2, 0) is 11.3 Å². The van der Waals surface area contributed by atoms with Crippen LogP contribution in [0.25, 0.3) is 0 Å². The van der Waals surface area contributed by atoms with Crippen LogP contribution in [0.1, 0.15) is 32.3 Å². The lowest BCUT2D eigenvalue weighted by atomic mass is 10.1. The summed E-state index contributed by atoms with van der Waals surface area (Å²) >= 11 is 3.23. The number of carbonyl (C=O) groups is 1. The first-order valence-electron chi connectivity index (χ1n) is 6.70. The normalized spacial score (nSPS) is 11.1. The van der Waals surface area contributed by atoms with Crippen molar-refractivity contribution in [2.24, 2.45) is 0 Å². The van der Waals surface area contributed by atoms with E-state index in [1.54, 1.807) is 12.1 Å². The summed E-state index contributed by atoms with van der Waals surface area (Å²) in [4.78, 5) is 23.3. The lowest BCUT2D eigenvalue weighted by molar-refractivity contribution is -0.385. The zero-order chi connectivity index (χ0) is 16.0. The van der Waals surface area contributed by atoms with E-state index in [4.69, 9.17) is 5.11 Å². The second kappa shape index (κ2) is 8.09. The van der Waals surface area contributed by atoms with Gasteiger partial charge in [-0.05, 0) is 38.9 Å². The van der Waals surface area contributed by atoms with Crippen LogP contribution in [0.5, 0.6) is 0 Å². The summed E-state index contributed by atoms with van der Waals surface area (Å²) < 4.78 is 0.667. The number of halogens is 1. The summed E-state index contributed by atoms with van der Waals surface area (Å²) in [5.41, 5.74) is 0.709. The molecule has 0 saturated carbocycles. The van der Waals surface area contributed by atoms with Gasteiger partial charge in [-0.2, -0.15) is 0 Å². The van der Waals surface area contributed by atoms with Crippen LogP contribution >= 0.6 is 15.9 Å². The molecule has 1 rings (SSSR count). The van der Waals surface area contributed by atoms with Crippen LogP contribution in [0.15, 0.2) is 22.7 Å². The number of hydrogen-bond donors (Lipinski definition) is 1. The van der Waals surface area contributed by atoms with Crippen LogP contribution in [0.4, 0.5) is 5.69 Å². The van der Waals surface area contributed by atoms with Gasteiger partial charge < -0.3 is 5.11 Å². The summed E-state index contributed by atoms with van der Waals surface area (Å²) in [7, 11) is 0. The third-order valence-electron chi connectivity index (χ3n) is 3.18. The van der Waals surface area contributed by atoms with Crippen LogP contribution in [0, 0.1) is 10.1 Å². The maximum atomic E-state index is 11.1. The maximum absolute atomic E-state index is 11.1. The largest absolute Gasteiger partial charge is 0.481 e. The van der Waals surface area contributed by atoms with Crippen LogP contribution < -0.4 is 0 Å². The molecule has 0 unspecified atom stereocenters. The average Bonchev–Trinajstić information content (AvgIpc) is 2.38. The Bertz CT molecular complexity index is 520. The lowest BCUT2D eigenvalue weighted by Crippen LogP contribution is -2.31. The van der Waals surface area contributed by atoms with Crippen molar-refractivity contribution in [2.45, 2.75) is 39.3 Å². The standard InChI is InChI=1S/C14H19BrN2O4/c1-10(2)16(7-3-4-14(18)19)9-11-5-6-12(15)8-13(11)17(20)21/h5-6,8,10H,3-4,7,9H2,1-2H3,(H,18,19). The minimum atomic E-state index is -0.826. The molecule has 0 aliphatic heterocycles. The maximum Gasteiger partial charge on any atom is 0.303 e. The zero-order valence-corrected chi connectivity index (χ0v) is 13.7. The molecule has 0 amide bonds. The molecule has 1 aromatic carbocycles. The number of nitro benzene ring substituents is 1. The molecule has 0 heterocycles. The van der Waals surface area contributed by atoms with E-state index in [0.29, 0.717) is 29.5 Å². The number of aliphatic carboxylic acids is 1. The molecule has 0 fully saturated rings. The Kier molecular flexibility index (Phi) is 6.77. The molecular formula is C14H19BrN2O4. The third-order valence-corrected chi connectivity index (χ3v) is 3.68. The van der Waals surface area contributed by atoms with Crippen molar-refractivity contribution in [3.05, 3.63) is 38.3 Å². The van der Waals surface area contributed by atoms with Gasteiger partial charge in [-0.25, -0.2) is 0 Å². The molecule has 1 aromatic rings. The fourth-order valence-electron chi connectivity index (χ4n) is 2.01. The summed E-state index contributed by atoms with van der Waals surface area (Å²) in [5.74, 6) is -0.826. The Labute approximate surface area is 132 Å². The quantitative estimate of drug-likeness (QED) is 0.568. The second-order valence-electron chi connectivity index (χ2n) is 5.09. The molecule has 6 nitrogen and oxygen atoms in total. The Balaban J connectivity index is 2.84. The van der Waals surface area contributed by atoms with E-state index in [2.05, 4.69) is 15.9 Å². The van der Waals surface area contributed by atoms with Crippen LogP contribution in [0.2, 0.25) is 0 Å². The van der Waals surface area contributed by atoms with E-state index < -0.39 is 10.9 Å². The monoisotopic (exact) mass is 358 g/mol. The molecule has 0 aromatic heterocycles. The van der Waals surface area contributed by atoms with E-state index >= 15 is 0 Å². The van der Waals surface area contributed by atoms with Crippen LogP contribution in [0.3, 0.4) is 0 Å². The van der Waals surface area contributed by atoms with Crippen molar-refractivity contribution < 1.29 is 14.8 Å². The topological polar surface area (TPSA) is 83.7 Å². The molecule has 0 saturated heterocycles. The van der Waals surface area contributed by atoms with Crippen LogP contribution in [-0.4, -0.2) is 33.5 Å². The second-order valence-corrected chi connectivity index (χ2v) is 6.01. The minimum Gasteiger partial charge on any atom is -0.481 e. The van der Waals surface area contributed by atoms with Crippen molar-refractivity contribution in [2.75, 3.05) is 6.54 Å². The lowest BCUT2D eigenvalue weighted by Gasteiger charge is -2.26. The van der Waals surface area contributed by atoms with Crippen molar-refractivity contribution in [1.82, 2.24) is 4.90 Å². The van der Waals surface area contributed by atoms with Gasteiger partial charge in [-0.3, -0.25) is 19.8 Å². The Morgan fingerprint density at radius 3 is 2.67 bits per heavy atom. The molecule has 116 valence electrons. The van der Waals surface area contributed by atoms with Gasteiger partial charge in [0.2, 0.25) is 0 Å². The Morgan fingerprint density at radius 2 is 2.14 bits per heavy atom. The molecule has 0 bridgehead atoms. The van der Waals surface area contributed by atoms with Gasteiger partial charge in [0.05, 0.1) is 4.92 Å². The highest BCUT2D eigenvalue weighted by molar-refractivity contribution is 9.10. The summed E-state index contributed by atoms with van der Waals surface area (Å²) in [6, 6.07) is 5.18. The molecule has 7 heteroatoms. The van der Waals surface area contributed by atoms with E-state index in [0.717, 1.165) is 0 Å². The number of carboxylic acid groups (broad SMARTS) is 1. The number of benzene rings is 1. The highest BCUT2D eigenvalue weighted by Crippen LogP contribution is 2.25. The van der Waals surface area contributed by atoms with Crippen molar-refractivity contribution >= 4 is 27.6 Å². The Morgan fingerprint density at radius 1 is 1.48 bits per heavy atom. The predicted octanol–water partition coefficient (Wildman–Crippen LogP) is 3.43. The fourth-order valence-corrected chi connectivity index (χ4v) is 2.36. The van der Waals surface area contributed by atoms with E-state index in [-0.39, 0.29) is 18.2 Å². The average molecular weight is 359 g/mol. The highest BCUT2D eigenvalue weighted by Gasteiger charge is 2.18. The van der Waals surface area contributed by atoms with Crippen molar-refractivity contribution in [3.63, 3.8) is 0 Å².